The third-order valence-corrected chi connectivity index (χ3v) is 6.60. The number of amides is 1. The summed E-state index contributed by atoms with van der Waals surface area (Å²) in [5, 5.41) is 12.5. The number of carbonyl (C=O) groups excluding carboxylic acids is 1. The first-order valence-electron chi connectivity index (χ1n) is 11.1. The van der Waals surface area contributed by atoms with E-state index in [1.54, 1.807) is 7.11 Å². The highest BCUT2D eigenvalue weighted by atomic mass is 32.2. The van der Waals surface area contributed by atoms with Crippen molar-refractivity contribution in [3.63, 3.8) is 0 Å². The van der Waals surface area contributed by atoms with Gasteiger partial charge in [-0.05, 0) is 52.7 Å². The number of ether oxygens (including phenoxy) is 2. The molecule has 170 valence electrons. The van der Waals surface area contributed by atoms with E-state index in [1.165, 1.54) is 31.0 Å². The van der Waals surface area contributed by atoms with E-state index in [0.717, 1.165) is 23.8 Å². The predicted octanol–water partition coefficient (Wildman–Crippen LogP) is 4.94. The standard InChI is InChI=1S/C23H34N4O3S/c1-15(2)27-21(16(3)30-20-14-10-9-13-19(20)29-5)25-26-23(27)31-17(4)22(28)24-18-11-7-6-8-12-18/h9-10,13-18H,6-8,11-12H2,1-5H3,(H,24,28). The summed E-state index contributed by atoms with van der Waals surface area (Å²) < 4.78 is 13.6. The van der Waals surface area contributed by atoms with E-state index in [4.69, 9.17) is 9.47 Å². The average molecular weight is 447 g/mol. The van der Waals surface area contributed by atoms with Crippen molar-refractivity contribution in [1.29, 1.82) is 0 Å². The lowest BCUT2D eigenvalue weighted by molar-refractivity contribution is -0.121. The Morgan fingerprint density at radius 1 is 1.10 bits per heavy atom. The Labute approximate surface area is 189 Å². The summed E-state index contributed by atoms with van der Waals surface area (Å²) in [6, 6.07) is 7.98. The van der Waals surface area contributed by atoms with E-state index in [1.807, 2.05) is 38.1 Å². The summed E-state index contributed by atoms with van der Waals surface area (Å²) in [5.41, 5.74) is 0. The van der Waals surface area contributed by atoms with Crippen LogP contribution in [0.25, 0.3) is 0 Å². The molecule has 0 aliphatic heterocycles. The quantitative estimate of drug-likeness (QED) is 0.550. The second-order valence-corrected chi connectivity index (χ2v) is 9.63. The highest BCUT2D eigenvalue weighted by Gasteiger charge is 2.26. The molecule has 1 aliphatic rings. The van der Waals surface area contributed by atoms with Gasteiger partial charge in [-0.1, -0.05) is 43.2 Å². The SMILES string of the molecule is COc1ccccc1OC(C)c1nnc(SC(C)C(=O)NC2CCCCC2)n1C(C)C. The highest BCUT2D eigenvalue weighted by Crippen LogP contribution is 2.33. The van der Waals surface area contributed by atoms with Crippen molar-refractivity contribution >= 4 is 17.7 Å². The van der Waals surface area contributed by atoms with Crippen molar-refractivity contribution in [2.24, 2.45) is 0 Å². The van der Waals surface area contributed by atoms with Crippen LogP contribution in [0, 0.1) is 0 Å². The molecule has 0 radical (unpaired) electrons. The minimum atomic E-state index is -0.327. The Morgan fingerprint density at radius 3 is 2.42 bits per heavy atom. The molecule has 7 nitrogen and oxygen atoms in total. The zero-order chi connectivity index (χ0) is 22.4. The molecule has 2 aromatic rings. The molecule has 1 fully saturated rings. The van der Waals surface area contributed by atoms with Crippen molar-refractivity contribution in [1.82, 2.24) is 20.1 Å². The predicted molar refractivity (Wildman–Crippen MR) is 123 cm³/mol. The summed E-state index contributed by atoms with van der Waals surface area (Å²) in [4.78, 5) is 12.7. The van der Waals surface area contributed by atoms with Gasteiger partial charge in [0.2, 0.25) is 5.91 Å². The number of nitrogens with zero attached hydrogens (tertiary/aromatic N) is 3. The number of methoxy groups -OCH3 is 1. The number of thioether (sulfide) groups is 1. The summed E-state index contributed by atoms with van der Waals surface area (Å²) in [6.45, 7) is 8.04. The molecule has 1 N–H and O–H groups in total. The van der Waals surface area contributed by atoms with Crippen LogP contribution in [0.2, 0.25) is 0 Å². The van der Waals surface area contributed by atoms with E-state index >= 15 is 0 Å². The first-order valence-corrected chi connectivity index (χ1v) is 12.0. The van der Waals surface area contributed by atoms with Gasteiger partial charge in [0, 0.05) is 12.1 Å². The zero-order valence-electron chi connectivity index (χ0n) is 19.1. The van der Waals surface area contributed by atoms with Gasteiger partial charge in [0.05, 0.1) is 12.4 Å². The molecule has 1 aromatic heterocycles. The molecular weight excluding hydrogens is 412 g/mol. The van der Waals surface area contributed by atoms with E-state index in [0.29, 0.717) is 17.5 Å². The van der Waals surface area contributed by atoms with Crippen LogP contribution in [-0.4, -0.2) is 39.1 Å². The number of hydrogen-bond donors (Lipinski definition) is 1. The molecule has 8 heteroatoms. The normalized spacial score (nSPS) is 16.7. The monoisotopic (exact) mass is 446 g/mol. The lowest BCUT2D eigenvalue weighted by Crippen LogP contribution is -2.40. The minimum absolute atomic E-state index is 0.0649. The first kappa shape index (κ1) is 23.4. The second kappa shape index (κ2) is 10.9. The van der Waals surface area contributed by atoms with Gasteiger partial charge in [0.15, 0.2) is 28.6 Å². The number of rotatable bonds is 9. The summed E-state index contributed by atoms with van der Waals surface area (Å²) in [6.07, 6.45) is 5.49. The number of nitrogens with one attached hydrogen (secondary N) is 1. The molecule has 1 amide bonds. The van der Waals surface area contributed by atoms with Gasteiger partial charge < -0.3 is 19.4 Å². The van der Waals surface area contributed by atoms with Gasteiger partial charge in [-0.25, -0.2) is 0 Å². The van der Waals surface area contributed by atoms with Crippen LogP contribution in [0.15, 0.2) is 29.4 Å². The number of hydrogen-bond acceptors (Lipinski definition) is 6. The average Bonchev–Trinajstić information content (AvgIpc) is 3.18. The third kappa shape index (κ3) is 5.93. The molecule has 2 unspecified atom stereocenters. The van der Waals surface area contributed by atoms with Gasteiger partial charge in [-0.15, -0.1) is 10.2 Å². The molecule has 1 aromatic carbocycles. The molecule has 1 saturated carbocycles. The van der Waals surface area contributed by atoms with E-state index in [2.05, 4.69) is 33.9 Å². The van der Waals surface area contributed by atoms with E-state index in [9.17, 15) is 4.79 Å². The summed E-state index contributed by atoms with van der Waals surface area (Å²) in [7, 11) is 1.62. The molecule has 3 rings (SSSR count). The first-order chi connectivity index (χ1) is 14.9. The molecule has 2 atom stereocenters. The van der Waals surface area contributed by atoms with Gasteiger partial charge in [-0.3, -0.25) is 4.79 Å². The largest absolute Gasteiger partial charge is 0.493 e. The molecule has 31 heavy (non-hydrogen) atoms. The molecule has 0 bridgehead atoms. The van der Waals surface area contributed by atoms with Crippen molar-refractivity contribution in [3.8, 4) is 11.5 Å². The van der Waals surface area contributed by atoms with Crippen LogP contribution < -0.4 is 14.8 Å². The Bertz CT molecular complexity index is 864. The van der Waals surface area contributed by atoms with Gasteiger partial charge >= 0.3 is 0 Å². The summed E-state index contributed by atoms with van der Waals surface area (Å²) in [5.74, 6) is 2.12. The van der Waals surface area contributed by atoms with Crippen LogP contribution in [0.3, 0.4) is 0 Å². The fraction of sp³-hybridized carbons (Fsp3) is 0.609. The highest BCUT2D eigenvalue weighted by molar-refractivity contribution is 8.00. The van der Waals surface area contributed by atoms with E-state index in [-0.39, 0.29) is 23.3 Å². The second-order valence-electron chi connectivity index (χ2n) is 8.32. The van der Waals surface area contributed by atoms with Crippen LogP contribution in [0.4, 0.5) is 0 Å². The molecule has 0 spiro atoms. The van der Waals surface area contributed by atoms with Gasteiger partial charge in [0.25, 0.3) is 0 Å². The Kier molecular flexibility index (Phi) is 8.23. The maximum Gasteiger partial charge on any atom is 0.233 e. The maximum atomic E-state index is 12.7. The van der Waals surface area contributed by atoms with Crippen molar-refractivity contribution in [2.45, 2.75) is 88.4 Å². The number of carbonyl (C=O) groups is 1. The topological polar surface area (TPSA) is 78.3 Å². The third-order valence-electron chi connectivity index (χ3n) is 5.55. The fourth-order valence-corrected chi connectivity index (χ4v) is 4.86. The maximum absolute atomic E-state index is 12.7. The van der Waals surface area contributed by atoms with Crippen molar-refractivity contribution in [2.75, 3.05) is 7.11 Å². The molecule has 1 heterocycles. The number of para-hydroxylation sites is 2. The van der Waals surface area contributed by atoms with Crippen LogP contribution in [0.5, 0.6) is 11.5 Å². The van der Waals surface area contributed by atoms with Gasteiger partial charge in [0.1, 0.15) is 0 Å². The number of benzene rings is 1. The number of aromatic nitrogens is 3. The zero-order valence-corrected chi connectivity index (χ0v) is 19.9. The van der Waals surface area contributed by atoms with Crippen LogP contribution >= 0.6 is 11.8 Å². The van der Waals surface area contributed by atoms with Crippen LogP contribution in [-0.2, 0) is 4.79 Å². The fourth-order valence-electron chi connectivity index (χ4n) is 3.87. The minimum Gasteiger partial charge on any atom is -0.493 e. The molecular formula is C23H34N4O3S. The molecule has 1 aliphatic carbocycles. The Balaban J connectivity index is 1.71. The Morgan fingerprint density at radius 2 is 1.77 bits per heavy atom. The van der Waals surface area contributed by atoms with E-state index < -0.39 is 0 Å². The lowest BCUT2D eigenvalue weighted by atomic mass is 9.95. The van der Waals surface area contributed by atoms with Gasteiger partial charge in [-0.2, -0.15) is 0 Å². The lowest BCUT2D eigenvalue weighted by Gasteiger charge is -2.24. The van der Waals surface area contributed by atoms with Crippen molar-refractivity contribution in [3.05, 3.63) is 30.1 Å². The Hall–Kier alpha value is -2.22. The summed E-state index contributed by atoms with van der Waals surface area (Å²) >= 11 is 1.44. The van der Waals surface area contributed by atoms with Crippen molar-refractivity contribution < 1.29 is 14.3 Å². The molecule has 0 saturated heterocycles. The van der Waals surface area contributed by atoms with Crippen LogP contribution in [0.1, 0.15) is 77.8 Å². The smallest absolute Gasteiger partial charge is 0.233 e.